The Bertz CT molecular complexity index is 317. The van der Waals surface area contributed by atoms with Gasteiger partial charge in [0.05, 0.1) is 5.69 Å². The molecule has 1 rings (SSSR count). The molecule has 0 unspecified atom stereocenters. The number of nitrogen functional groups attached to an aromatic ring is 1. The maximum atomic E-state index is 5.77. The number of imidazole rings is 1. The largest absolute Gasteiger partial charge is 0.369 e. The summed E-state index contributed by atoms with van der Waals surface area (Å²) in [7, 11) is 2.17. The van der Waals surface area contributed by atoms with E-state index in [0.717, 1.165) is 25.2 Å². The van der Waals surface area contributed by atoms with E-state index in [1.165, 1.54) is 6.42 Å². The van der Waals surface area contributed by atoms with Crippen molar-refractivity contribution >= 4 is 5.95 Å². The van der Waals surface area contributed by atoms with Crippen molar-refractivity contribution in [2.24, 2.45) is 0 Å². The third kappa shape index (κ3) is 3.85. The number of rotatable bonds is 6. The maximum absolute atomic E-state index is 5.77. The highest BCUT2D eigenvalue weighted by molar-refractivity contribution is 5.20. The predicted octanol–water partition coefficient (Wildman–Crippen LogP) is 1.89. The molecule has 1 heterocycles. The Kier molecular flexibility index (Phi) is 4.80. The van der Waals surface area contributed by atoms with E-state index in [2.05, 4.69) is 30.8 Å². The van der Waals surface area contributed by atoms with Gasteiger partial charge in [0, 0.05) is 18.8 Å². The van der Waals surface area contributed by atoms with E-state index in [4.69, 9.17) is 5.73 Å². The molecule has 0 saturated heterocycles. The summed E-state index contributed by atoms with van der Waals surface area (Å²) in [5.41, 5.74) is 6.77. The molecule has 0 bridgehead atoms. The van der Waals surface area contributed by atoms with Gasteiger partial charge in [0.15, 0.2) is 5.95 Å². The van der Waals surface area contributed by atoms with Crippen molar-refractivity contribution < 1.29 is 0 Å². The number of anilines is 1. The molecule has 0 fully saturated rings. The van der Waals surface area contributed by atoms with Crippen LogP contribution in [0.5, 0.6) is 0 Å². The van der Waals surface area contributed by atoms with E-state index in [1.54, 1.807) is 0 Å². The topological polar surface area (TPSA) is 47.1 Å². The predicted molar refractivity (Wildman–Crippen MR) is 68.4 cm³/mol. The van der Waals surface area contributed by atoms with Gasteiger partial charge in [-0.05, 0) is 47.2 Å². The lowest BCUT2D eigenvalue weighted by atomic mass is 10.2. The lowest BCUT2D eigenvalue weighted by Gasteiger charge is -2.20. The van der Waals surface area contributed by atoms with Crippen molar-refractivity contribution in [2.75, 3.05) is 19.3 Å². The second-order valence-corrected chi connectivity index (χ2v) is 4.72. The van der Waals surface area contributed by atoms with Crippen LogP contribution in [0.3, 0.4) is 0 Å². The summed E-state index contributed by atoms with van der Waals surface area (Å²) in [5, 5.41) is 0. The highest BCUT2D eigenvalue weighted by Crippen LogP contribution is 2.06. The molecule has 0 atom stereocenters. The Morgan fingerprint density at radius 2 is 2.12 bits per heavy atom. The Morgan fingerprint density at radius 3 is 2.62 bits per heavy atom. The number of nitrogens with two attached hydrogens (primary N) is 1. The molecular formula is C12H24N4. The van der Waals surface area contributed by atoms with Crippen LogP contribution in [-0.4, -0.2) is 34.1 Å². The molecule has 0 amide bonds. The molecule has 1 aromatic heterocycles. The van der Waals surface area contributed by atoms with E-state index in [-0.39, 0.29) is 0 Å². The van der Waals surface area contributed by atoms with Gasteiger partial charge in [0.1, 0.15) is 0 Å². The molecule has 1 aromatic rings. The molecule has 0 radical (unpaired) electrons. The Labute approximate surface area is 98.5 Å². The lowest BCUT2D eigenvalue weighted by Crippen LogP contribution is -2.27. The van der Waals surface area contributed by atoms with Crippen molar-refractivity contribution in [2.45, 2.75) is 46.2 Å². The monoisotopic (exact) mass is 224 g/mol. The van der Waals surface area contributed by atoms with Crippen LogP contribution in [0.4, 0.5) is 5.95 Å². The Hall–Kier alpha value is -1.03. The van der Waals surface area contributed by atoms with Crippen molar-refractivity contribution in [1.29, 1.82) is 0 Å². The van der Waals surface area contributed by atoms with Gasteiger partial charge in [-0.15, -0.1) is 0 Å². The van der Waals surface area contributed by atoms with Crippen molar-refractivity contribution in [1.82, 2.24) is 14.5 Å². The van der Waals surface area contributed by atoms with Crippen LogP contribution in [-0.2, 0) is 6.54 Å². The first-order valence-electron chi connectivity index (χ1n) is 6.00. The summed E-state index contributed by atoms with van der Waals surface area (Å²) in [6.45, 7) is 8.53. The van der Waals surface area contributed by atoms with Crippen LogP contribution in [0.2, 0.25) is 0 Å². The number of nitrogens with zero attached hydrogens (tertiary/aromatic N) is 3. The normalized spacial score (nSPS) is 11.6. The zero-order valence-corrected chi connectivity index (χ0v) is 10.9. The zero-order valence-electron chi connectivity index (χ0n) is 10.9. The van der Waals surface area contributed by atoms with Gasteiger partial charge in [-0.2, -0.15) is 0 Å². The maximum Gasteiger partial charge on any atom is 0.200 e. The minimum absolute atomic E-state index is 0.626. The SMILES string of the molecule is Cc1cn(CCCCN(C)C(C)C)c(N)n1. The molecule has 0 aliphatic rings. The summed E-state index contributed by atoms with van der Waals surface area (Å²) in [5.74, 6) is 0.634. The number of aryl methyl sites for hydroxylation is 2. The van der Waals surface area contributed by atoms with Gasteiger partial charge < -0.3 is 15.2 Å². The van der Waals surface area contributed by atoms with Gasteiger partial charge in [-0.3, -0.25) is 0 Å². The summed E-state index contributed by atoms with van der Waals surface area (Å²) in [4.78, 5) is 6.55. The highest BCUT2D eigenvalue weighted by atomic mass is 15.1. The molecule has 16 heavy (non-hydrogen) atoms. The van der Waals surface area contributed by atoms with Crippen LogP contribution in [0.1, 0.15) is 32.4 Å². The number of unbranched alkanes of at least 4 members (excludes halogenated alkanes) is 1. The fourth-order valence-corrected chi connectivity index (χ4v) is 1.65. The molecule has 4 nitrogen and oxygen atoms in total. The quantitative estimate of drug-likeness (QED) is 0.751. The minimum atomic E-state index is 0.626. The van der Waals surface area contributed by atoms with Crippen LogP contribution in [0.15, 0.2) is 6.20 Å². The Morgan fingerprint density at radius 1 is 1.44 bits per heavy atom. The van der Waals surface area contributed by atoms with Crippen LogP contribution in [0, 0.1) is 6.92 Å². The minimum Gasteiger partial charge on any atom is -0.369 e. The van der Waals surface area contributed by atoms with E-state index in [9.17, 15) is 0 Å². The average Bonchev–Trinajstić information content (AvgIpc) is 2.51. The molecular weight excluding hydrogens is 200 g/mol. The van der Waals surface area contributed by atoms with Gasteiger partial charge in [0.25, 0.3) is 0 Å². The van der Waals surface area contributed by atoms with Gasteiger partial charge >= 0.3 is 0 Å². The van der Waals surface area contributed by atoms with Crippen molar-refractivity contribution in [3.8, 4) is 0 Å². The molecule has 0 saturated carbocycles. The standard InChI is InChI=1S/C12H24N4/c1-10(2)15(4)7-5-6-8-16-9-11(3)14-12(16)13/h9-10H,5-8H2,1-4H3,(H2,13,14). The van der Waals surface area contributed by atoms with Crippen LogP contribution < -0.4 is 5.73 Å². The molecule has 4 heteroatoms. The van der Waals surface area contributed by atoms with Crippen molar-refractivity contribution in [3.63, 3.8) is 0 Å². The first-order chi connectivity index (χ1) is 7.50. The second-order valence-electron chi connectivity index (χ2n) is 4.72. The molecule has 2 N–H and O–H groups in total. The van der Waals surface area contributed by atoms with Crippen molar-refractivity contribution in [3.05, 3.63) is 11.9 Å². The molecule has 92 valence electrons. The fraction of sp³-hybridized carbons (Fsp3) is 0.750. The molecule has 0 aromatic carbocycles. The first kappa shape index (κ1) is 13.0. The first-order valence-corrected chi connectivity index (χ1v) is 6.00. The smallest absolute Gasteiger partial charge is 0.200 e. The van der Waals surface area contributed by atoms with Gasteiger partial charge in [0.2, 0.25) is 0 Å². The third-order valence-corrected chi connectivity index (χ3v) is 2.97. The second kappa shape index (κ2) is 5.89. The third-order valence-electron chi connectivity index (χ3n) is 2.97. The summed E-state index contributed by atoms with van der Waals surface area (Å²) >= 11 is 0. The van der Waals surface area contributed by atoms with E-state index < -0.39 is 0 Å². The molecule has 0 aliphatic carbocycles. The van der Waals surface area contributed by atoms with E-state index in [1.807, 2.05) is 17.7 Å². The summed E-state index contributed by atoms with van der Waals surface area (Å²) < 4.78 is 2.03. The zero-order chi connectivity index (χ0) is 12.1. The van der Waals surface area contributed by atoms with E-state index in [0.29, 0.717) is 12.0 Å². The number of hydrogen-bond acceptors (Lipinski definition) is 3. The lowest BCUT2D eigenvalue weighted by molar-refractivity contribution is 0.266. The summed E-state index contributed by atoms with van der Waals surface area (Å²) in [6.07, 6.45) is 4.36. The van der Waals surface area contributed by atoms with Crippen LogP contribution in [0.25, 0.3) is 0 Å². The Balaban J connectivity index is 2.23. The van der Waals surface area contributed by atoms with E-state index >= 15 is 0 Å². The fourth-order valence-electron chi connectivity index (χ4n) is 1.65. The average molecular weight is 224 g/mol. The number of aromatic nitrogens is 2. The summed E-state index contributed by atoms with van der Waals surface area (Å²) in [6, 6.07) is 0.626. The van der Waals surface area contributed by atoms with Gasteiger partial charge in [-0.25, -0.2) is 4.98 Å². The van der Waals surface area contributed by atoms with Gasteiger partial charge in [-0.1, -0.05) is 0 Å². The highest BCUT2D eigenvalue weighted by Gasteiger charge is 2.03. The van der Waals surface area contributed by atoms with Crippen LogP contribution >= 0.6 is 0 Å². The molecule has 0 spiro atoms. The number of hydrogen-bond donors (Lipinski definition) is 1. The molecule has 0 aliphatic heterocycles.